The largest absolute Gasteiger partial charge is 0.421 e. The number of hydrogen-bond acceptors (Lipinski definition) is 4. The molecule has 1 aliphatic rings. The predicted molar refractivity (Wildman–Crippen MR) is 112 cm³/mol. The highest BCUT2D eigenvalue weighted by molar-refractivity contribution is 5.97. The van der Waals surface area contributed by atoms with Crippen LogP contribution in [-0.2, 0) is 24.2 Å². The molecule has 6 nitrogen and oxygen atoms in total. The van der Waals surface area contributed by atoms with Gasteiger partial charge in [-0.1, -0.05) is 30.3 Å². The monoisotopic (exact) mass is 386 g/mol. The number of carbonyl (C=O) groups excluding carboxylic acids is 1. The lowest BCUT2D eigenvalue weighted by molar-refractivity contribution is -0.116. The molecule has 0 atom stereocenters. The topological polar surface area (TPSA) is 73.0 Å². The zero-order valence-corrected chi connectivity index (χ0v) is 16.3. The number of nitrogens with one attached hydrogen (secondary N) is 1. The number of aromatic nitrogens is 3. The fourth-order valence-corrected chi connectivity index (χ4v) is 4.20. The minimum absolute atomic E-state index is 0.0435. The molecule has 0 saturated carbocycles. The second-order valence-corrected chi connectivity index (χ2v) is 7.51. The maximum absolute atomic E-state index is 12.9. The van der Waals surface area contributed by atoms with Crippen molar-refractivity contribution in [3.05, 3.63) is 65.7 Å². The summed E-state index contributed by atoms with van der Waals surface area (Å²) in [5.41, 5.74) is 5.38. The van der Waals surface area contributed by atoms with Gasteiger partial charge < -0.3 is 14.3 Å². The Morgan fingerprint density at radius 3 is 2.83 bits per heavy atom. The second kappa shape index (κ2) is 7.20. The third kappa shape index (κ3) is 3.31. The Bertz CT molecular complexity index is 1200. The molecule has 0 saturated heterocycles. The van der Waals surface area contributed by atoms with E-state index in [1.807, 2.05) is 47.2 Å². The average molecular weight is 386 g/mol. The molecule has 0 spiro atoms. The maximum atomic E-state index is 12.9. The van der Waals surface area contributed by atoms with Crippen LogP contribution >= 0.6 is 0 Å². The first kappa shape index (κ1) is 17.7. The van der Waals surface area contributed by atoms with Crippen molar-refractivity contribution < 1.29 is 9.21 Å². The average Bonchev–Trinajstić information content (AvgIpc) is 3.32. The van der Waals surface area contributed by atoms with Gasteiger partial charge in [-0.2, -0.15) is 0 Å². The fourth-order valence-electron chi connectivity index (χ4n) is 4.20. The molecule has 5 rings (SSSR count). The molecule has 0 bridgehead atoms. The quantitative estimate of drug-likeness (QED) is 0.560. The summed E-state index contributed by atoms with van der Waals surface area (Å²) in [7, 11) is 0. The molecule has 2 aromatic carbocycles. The molecule has 2 heterocycles. The van der Waals surface area contributed by atoms with Crippen LogP contribution in [0.5, 0.6) is 0 Å². The summed E-state index contributed by atoms with van der Waals surface area (Å²) in [6, 6.07) is 14.1. The fraction of sp³-hybridized carbons (Fsp3) is 0.261. The van der Waals surface area contributed by atoms with Crippen molar-refractivity contribution in [2.75, 3.05) is 5.32 Å². The number of rotatable bonds is 4. The van der Waals surface area contributed by atoms with Gasteiger partial charge in [0.1, 0.15) is 6.54 Å². The zero-order chi connectivity index (χ0) is 19.8. The van der Waals surface area contributed by atoms with Gasteiger partial charge in [0.05, 0.1) is 5.56 Å². The normalized spacial score (nSPS) is 13.4. The number of benzene rings is 2. The van der Waals surface area contributed by atoms with Crippen LogP contribution in [0.25, 0.3) is 22.4 Å². The van der Waals surface area contributed by atoms with Gasteiger partial charge in [-0.25, -0.2) is 0 Å². The summed E-state index contributed by atoms with van der Waals surface area (Å²) in [6.07, 6.45) is 6.43. The first-order chi connectivity index (χ1) is 14.2. The lowest BCUT2D eigenvalue weighted by Gasteiger charge is -2.19. The van der Waals surface area contributed by atoms with Crippen LogP contribution in [0.3, 0.4) is 0 Å². The third-order valence-corrected chi connectivity index (χ3v) is 5.53. The van der Waals surface area contributed by atoms with Crippen molar-refractivity contribution in [2.24, 2.45) is 0 Å². The maximum Gasteiger partial charge on any atom is 0.249 e. The molecule has 4 aromatic rings. The van der Waals surface area contributed by atoms with E-state index < -0.39 is 0 Å². The standard InChI is InChI=1S/C23H22N4O2/c1-15-25-26-23(29-15)19-13-27(21-12-5-4-10-18(19)21)14-22(28)24-20-11-6-8-16-7-2-3-9-17(16)20/h4-6,8,10-13H,2-3,7,9,14H2,1H3,(H,24,28). The van der Waals surface area contributed by atoms with E-state index in [9.17, 15) is 4.79 Å². The number of hydrogen-bond donors (Lipinski definition) is 1. The third-order valence-electron chi connectivity index (χ3n) is 5.53. The van der Waals surface area contributed by atoms with E-state index in [4.69, 9.17) is 4.42 Å². The number of amides is 1. The smallest absolute Gasteiger partial charge is 0.249 e. The molecule has 1 N–H and O–H groups in total. The number of carbonyl (C=O) groups is 1. The highest BCUT2D eigenvalue weighted by Gasteiger charge is 2.18. The van der Waals surface area contributed by atoms with E-state index in [-0.39, 0.29) is 12.5 Å². The van der Waals surface area contributed by atoms with E-state index in [2.05, 4.69) is 21.6 Å². The molecule has 1 aliphatic carbocycles. The lowest BCUT2D eigenvalue weighted by atomic mass is 9.90. The van der Waals surface area contributed by atoms with Gasteiger partial charge >= 0.3 is 0 Å². The van der Waals surface area contributed by atoms with Gasteiger partial charge in [0, 0.05) is 29.7 Å². The summed E-state index contributed by atoms with van der Waals surface area (Å²) < 4.78 is 7.56. The van der Waals surface area contributed by atoms with Crippen LogP contribution in [0.15, 0.2) is 53.1 Å². The van der Waals surface area contributed by atoms with E-state index >= 15 is 0 Å². The molecule has 2 aromatic heterocycles. The number of aryl methyl sites for hydroxylation is 2. The van der Waals surface area contributed by atoms with E-state index in [1.54, 1.807) is 6.92 Å². The van der Waals surface area contributed by atoms with Gasteiger partial charge in [0.2, 0.25) is 17.7 Å². The lowest BCUT2D eigenvalue weighted by Crippen LogP contribution is -2.20. The Hall–Kier alpha value is -3.41. The first-order valence-corrected chi connectivity index (χ1v) is 9.98. The highest BCUT2D eigenvalue weighted by atomic mass is 16.4. The summed E-state index contributed by atoms with van der Waals surface area (Å²) in [6.45, 7) is 1.99. The van der Waals surface area contributed by atoms with Crippen molar-refractivity contribution in [3.8, 4) is 11.5 Å². The molecular formula is C23H22N4O2. The molecule has 6 heteroatoms. The van der Waals surface area contributed by atoms with Crippen molar-refractivity contribution in [1.82, 2.24) is 14.8 Å². The van der Waals surface area contributed by atoms with E-state index in [1.165, 1.54) is 24.0 Å². The van der Waals surface area contributed by atoms with Crippen molar-refractivity contribution in [2.45, 2.75) is 39.2 Å². The number of anilines is 1. The molecule has 0 radical (unpaired) electrons. The minimum Gasteiger partial charge on any atom is -0.421 e. The SMILES string of the molecule is Cc1nnc(-c2cn(CC(=O)Nc3cccc4c3CCCC4)c3ccccc23)o1. The van der Waals surface area contributed by atoms with Crippen LogP contribution in [0.1, 0.15) is 29.9 Å². The first-order valence-electron chi connectivity index (χ1n) is 9.98. The molecule has 0 fully saturated rings. The summed E-state index contributed by atoms with van der Waals surface area (Å²) >= 11 is 0. The van der Waals surface area contributed by atoms with Gasteiger partial charge in [0.25, 0.3) is 0 Å². The molecular weight excluding hydrogens is 364 g/mol. The minimum atomic E-state index is -0.0435. The van der Waals surface area contributed by atoms with Crippen LogP contribution in [0, 0.1) is 6.92 Å². The Morgan fingerprint density at radius 2 is 1.97 bits per heavy atom. The zero-order valence-electron chi connectivity index (χ0n) is 16.3. The number of nitrogens with zero attached hydrogens (tertiary/aromatic N) is 3. The molecule has 0 aliphatic heterocycles. The molecule has 29 heavy (non-hydrogen) atoms. The van der Waals surface area contributed by atoms with Crippen molar-refractivity contribution in [1.29, 1.82) is 0 Å². The van der Waals surface area contributed by atoms with Crippen LogP contribution < -0.4 is 5.32 Å². The van der Waals surface area contributed by atoms with Gasteiger partial charge in [-0.3, -0.25) is 4.79 Å². The van der Waals surface area contributed by atoms with Gasteiger partial charge in [-0.05, 0) is 48.9 Å². The Balaban J connectivity index is 1.44. The number of fused-ring (bicyclic) bond motifs is 2. The second-order valence-electron chi connectivity index (χ2n) is 7.51. The Labute approximate surface area is 168 Å². The number of para-hydroxylation sites is 1. The Kier molecular flexibility index (Phi) is 4.39. The molecule has 0 unspecified atom stereocenters. The Morgan fingerprint density at radius 1 is 1.10 bits per heavy atom. The van der Waals surface area contributed by atoms with Gasteiger partial charge in [-0.15, -0.1) is 10.2 Å². The van der Waals surface area contributed by atoms with Crippen molar-refractivity contribution in [3.63, 3.8) is 0 Å². The summed E-state index contributed by atoms with van der Waals surface area (Å²) in [4.78, 5) is 12.9. The van der Waals surface area contributed by atoms with E-state index in [0.29, 0.717) is 11.8 Å². The molecule has 146 valence electrons. The van der Waals surface area contributed by atoms with Crippen LogP contribution in [0.2, 0.25) is 0 Å². The van der Waals surface area contributed by atoms with E-state index in [0.717, 1.165) is 35.0 Å². The van der Waals surface area contributed by atoms with Crippen LogP contribution in [0.4, 0.5) is 5.69 Å². The summed E-state index contributed by atoms with van der Waals surface area (Å²) in [5.74, 6) is 0.941. The predicted octanol–water partition coefficient (Wildman–Crippen LogP) is 4.52. The highest BCUT2D eigenvalue weighted by Crippen LogP contribution is 2.30. The van der Waals surface area contributed by atoms with Crippen LogP contribution in [-0.4, -0.2) is 20.7 Å². The summed E-state index contributed by atoms with van der Waals surface area (Å²) in [5, 5.41) is 12.2. The van der Waals surface area contributed by atoms with Crippen molar-refractivity contribution >= 4 is 22.5 Å². The molecule has 1 amide bonds. The van der Waals surface area contributed by atoms with Gasteiger partial charge in [0.15, 0.2) is 0 Å².